The first-order chi connectivity index (χ1) is 5.08. The molecule has 1 nitrogen and oxygen atoms in total. The van der Waals surface area contributed by atoms with Crippen LogP contribution in [0.5, 0.6) is 0 Å². The number of halogens is 2. The molecule has 0 aromatic rings. The summed E-state index contributed by atoms with van der Waals surface area (Å²) in [6, 6.07) is 0. The van der Waals surface area contributed by atoms with Crippen LogP contribution in [0.25, 0.3) is 0 Å². The molecule has 0 spiro atoms. The highest BCUT2D eigenvalue weighted by Gasteiger charge is 2.21. The second kappa shape index (κ2) is 4.17. The molecule has 1 saturated heterocycles. The van der Waals surface area contributed by atoms with Gasteiger partial charge in [0.2, 0.25) is 0 Å². The molecule has 0 aromatic heterocycles. The van der Waals surface area contributed by atoms with Crippen LogP contribution in [0.15, 0.2) is 0 Å². The molecule has 1 heterocycles. The average Bonchev–Trinajstić information content (AvgIpc) is 1.85. The highest BCUT2D eigenvalue weighted by molar-refractivity contribution is 8.66. The Morgan fingerprint density at radius 1 is 1.18 bits per heavy atom. The highest BCUT2D eigenvalue weighted by Crippen LogP contribution is 2.63. The lowest BCUT2D eigenvalue weighted by molar-refractivity contribution is 0.383. The third kappa shape index (κ3) is 4.41. The van der Waals surface area contributed by atoms with Gasteiger partial charge in [-0.3, -0.25) is 0 Å². The molecule has 1 fully saturated rings. The largest absolute Gasteiger partial charge is 0.340 e. The van der Waals surface area contributed by atoms with E-state index in [0.717, 1.165) is 25.9 Å². The molecule has 0 atom stereocenters. The van der Waals surface area contributed by atoms with Crippen molar-refractivity contribution in [3.63, 3.8) is 0 Å². The van der Waals surface area contributed by atoms with Crippen molar-refractivity contribution in [3.05, 3.63) is 0 Å². The molecule has 0 bridgehead atoms. The van der Waals surface area contributed by atoms with Crippen molar-refractivity contribution >= 4 is 29.2 Å². The first-order valence-electron chi connectivity index (χ1n) is 3.52. The minimum Gasteiger partial charge on any atom is -0.242 e. The maximum atomic E-state index is 12.4. The second-order valence-corrected chi connectivity index (χ2v) is 7.93. The summed E-state index contributed by atoms with van der Waals surface area (Å²) in [4.78, 5) is 0. The molecule has 1 rings (SSSR count). The summed E-state index contributed by atoms with van der Waals surface area (Å²) in [5.74, 6) is -4.06. The van der Waals surface area contributed by atoms with E-state index < -0.39 is 5.86 Å². The smallest absolute Gasteiger partial charge is 0.242 e. The summed E-state index contributed by atoms with van der Waals surface area (Å²) in [7, 11) is 0. The first kappa shape index (κ1) is 9.90. The highest BCUT2D eigenvalue weighted by atomic mass is 32.9. The fraction of sp³-hybridized carbons (Fsp3) is 1.00. The number of nitrogens with zero attached hydrogens (tertiary/aromatic N) is 1. The van der Waals surface area contributed by atoms with Crippen LogP contribution in [0.4, 0.5) is 8.39 Å². The summed E-state index contributed by atoms with van der Waals surface area (Å²) < 4.78 is 26.4. The fourth-order valence-electron chi connectivity index (χ4n) is 1.08. The van der Waals surface area contributed by atoms with E-state index in [1.165, 1.54) is 6.42 Å². The number of hydrogen-bond acceptors (Lipinski definition) is 3. The number of rotatable bonds is 2. The lowest BCUT2D eigenvalue weighted by atomic mass is 10.2. The molecule has 0 N–H and O–H groups in total. The van der Waals surface area contributed by atoms with Crippen LogP contribution in [-0.2, 0) is 11.8 Å². The Morgan fingerprint density at radius 2 is 1.73 bits per heavy atom. The van der Waals surface area contributed by atoms with Crippen LogP contribution in [0.2, 0.25) is 0 Å². The maximum absolute atomic E-state index is 12.4. The van der Waals surface area contributed by atoms with Crippen molar-refractivity contribution < 1.29 is 8.39 Å². The zero-order valence-corrected chi connectivity index (χ0v) is 8.53. The molecular weight excluding hydrogens is 207 g/mol. The molecule has 0 radical (unpaired) electrons. The van der Waals surface area contributed by atoms with Gasteiger partial charge in [-0.1, -0.05) is 6.42 Å². The van der Waals surface area contributed by atoms with Crippen molar-refractivity contribution in [1.82, 2.24) is 4.31 Å². The minimum atomic E-state index is -4.06. The van der Waals surface area contributed by atoms with Crippen LogP contribution in [-0.4, -0.2) is 17.4 Å². The van der Waals surface area contributed by atoms with E-state index in [1.807, 2.05) is 0 Å². The fourth-order valence-corrected chi connectivity index (χ4v) is 3.92. The summed E-state index contributed by atoms with van der Waals surface area (Å²) in [6.45, 7) is 1.55. The van der Waals surface area contributed by atoms with Gasteiger partial charge in [0.15, 0.2) is 0 Å². The average molecular weight is 217 g/mol. The van der Waals surface area contributed by atoms with Gasteiger partial charge in [0.1, 0.15) is 0 Å². The topological polar surface area (TPSA) is 3.24 Å². The van der Waals surface area contributed by atoms with Crippen molar-refractivity contribution in [3.8, 4) is 0 Å². The molecule has 1 aliphatic heterocycles. The standard InChI is InChI=1S/C5H10F2NPS2/c6-9(7,10)11-8-4-2-1-3-5-8/h1-5H2. The predicted octanol–water partition coefficient (Wildman–Crippen LogP) is 3.28. The zero-order chi connectivity index (χ0) is 8.32. The third-order valence-electron chi connectivity index (χ3n) is 1.53. The van der Waals surface area contributed by atoms with Gasteiger partial charge in [0.05, 0.1) is 0 Å². The molecule has 0 aliphatic carbocycles. The second-order valence-electron chi connectivity index (χ2n) is 2.49. The monoisotopic (exact) mass is 217 g/mol. The summed E-state index contributed by atoms with van der Waals surface area (Å²) in [6.07, 6.45) is 3.23. The van der Waals surface area contributed by atoms with Gasteiger partial charge in [0.25, 0.3) is 0 Å². The molecule has 0 unspecified atom stereocenters. The summed E-state index contributed by atoms with van der Waals surface area (Å²) >= 11 is 4.67. The van der Waals surface area contributed by atoms with E-state index in [0.29, 0.717) is 11.6 Å². The van der Waals surface area contributed by atoms with Gasteiger partial charge in [-0.15, -0.1) is 0 Å². The number of piperidine rings is 1. The van der Waals surface area contributed by atoms with Crippen molar-refractivity contribution in [1.29, 1.82) is 0 Å². The zero-order valence-electron chi connectivity index (χ0n) is 6.00. The lowest BCUT2D eigenvalue weighted by Gasteiger charge is -2.24. The maximum Gasteiger partial charge on any atom is 0.340 e. The van der Waals surface area contributed by atoms with Crippen LogP contribution in [0.1, 0.15) is 19.3 Å². The third-order valence-corrected chi connectivity index (χ3v) is 4.17. The van der Waals surface area contributed by atoms with E-state index in [2.05, 4.69) is 11.8 Å². The molecule has 0 amide bonds. The minimum absolute atomic E-state index is 0.604. The quantitative estimate of drug-likeness (QED) is 0.516. The molecule has 1 aliphatic rings. The van der Waals surface area contributed by atoms with Crippen molar-refractivity contribution in [2.75, 3.05) is 13.1 Å². The van der Waals surface area contributed by atoms with E-state index in [-0.39, 0.29) is 0 Å². The molecule has 0 saturated carbocycles. The summed E-state index contributed by atoms with van der Waals surface area (Å²) in [5.41, 5.74) is 0. The van der Waals surface area contributed by atoms with Crippen LogP contribution in [0.3, 0.4) is 0 Å². The van der Waals surface area contributed by atoms with Gasteiger partial charge in [-0.05, 0) is 24.6 Å². The Morgan fingerprint density at radius 3 is 2.18 bits per heavy atom. The van der Waals surface area contributed by atoms with Gasteiger partial charge in [0, 0.05) is 24.7 Å². The molecular formula is C5H10F2NPS2. The Hall–Kier alpha value is 0.820. The Labute approximate surface area is 74.7 Å². The van der Waals surface area contributed by atoms with E-state index in [4.69, 9.17) is 0 Å². The van der Waals surface area contributed by atoms with Crippen LogP contribution in [0, 0.1) is 0 Å². The molecule has 11 heavy (non-hydrogen) atoms. The van der Waals surface area contributed by atoms with E-state index in [1.54, 1.807) is 4.31 Å². The van der Waals surface area contributed by atoms with E-state index in [9.17, 15) is 8.39 Å². The molecule has 6 heteroatoms. The van der Waals surface area contributed by atoms with Gasteiger partial charge >= 0.3 is 5.86 Å². The first-order valence-corrected chi connectivity index (χ1v) is 7.48. The van der Waals surface area contributed by atoms with Crippen LogP contribution < -0.4 is 0 Å². The molecule has 66 valence electrons. The van der Waals surface area contributed by atoms with E-state index >= 15 is 0 Å². The Kier molecular flexibility index (Phi) is 3.75. The van der Waals surface area contributed by atoms with Gasteiger partial charge < -0.3 is 0 Å². The Balaban J connectivity index is 2.30. The summed E-state index contributed by atoms with van der Waals surface area (Å²) in [5, 5.41) is 0. The SMILES string of the molecule is FP(F)(=S)SN1CCCCC1. The lowest BCUT2D eigenvalue weighted by Crippen LogP contribution is -2.22. The predicted molar refractivity (Wildman–Crippen MR) is 49.5 cm³/mol. The van der Waals surface area contributed by atoms with Crippen LogP contribution >= 0.6 is 17.4 Å². The number of hydrogen-bond donors (Lipinski definition) is 0. The normalized spacial score (nSPS) is 22.0. The van der Waals surface area contributed by atoms with Crippen molar-refractivity contribution in [2.24, 2.45) is 0 Å². The molecule has 0 aromatic carbocycles. The van der Waals surface area contributed by atoms with Gasteiger partial charge in [-0.25, -0.2) is 4.31 Å². The Bertz CT molecular complexity index is 166. The van der Waals surface area contributed by atoms with Crippen molar-refractivity contribution in [2.45, 2.75) is 19.3 Å². The van der Waals surface area contributed by atoms with Gasteiger partial charge in [-0.2, -0.15) is 8.39 Å².